The van der Waals surface area contributed by atoms with E-state index in [-0.39, 0.29) is 30.0 Å². The summed E-state index contributed by atoms with van der Waals surface area (Å²) in [5, 5.41) is 9.53. The van der Waals surface area contributed by atoms with Crippen molar-refractivity contribution in [1.82, 2.24) is 0 Å². The largest absolute Gasteiger partial charge is 0.430 e. The molecule has 0 unspecified atom stereocenters. The van der Waals surface area contributed by atoms with Crippen LogP contribution in [0.1, 0.15) is 16.7 Å². The molecule has 0 bridgehead atoms. The zero-order valence-electron chi connectivity index (χ0n) is 15.7. The van der Waals surface area contributed by atoms with Gasteiger partial charge in [-0.05, 0) is 35.4 Å². The highest BCUT2D eigenvalue weighted by Gasteiger charge is 2.75. The lowest BCUT2D eigenvalue weighted by atomic mass is 9.71. The number of anilines is 2. The first kappa shape index (κ1) is 26.4. The van der Waals surface area contributed by atoms with Crippen molar-refractivity contribution in [2.75, 3.05) is 11.5 Å². The second-order valence-corrected chi connectivity index (χ2v) is 6.88. The third-order valence-corrected chi connectivity index (χ3v) is 4.89. The van der Waals surface area contributed by atoms with Crippen molar-refractivity contribution < 1.29 is 57.8 Å². The molecule has 0 aromatic heterocycles. The van der Waals surface area contributed by atoms with Crippen molar-refractivity contribution in [3.63, 3.8) is 0 Å². The van der Waals surface area contributed by atoms with E-state index >= 15 is 0 Å². The van der Waals surface area contributed by atoms with E-state index in [4.69, 9.17) is 11.5 Å². The summed E-state index contributed by atoms with van der Waals surface area (Å²) in [5.74, 6) is 0. The van der Waals surface area contributed by atoms with Crippen LogP contribution in [-0.4, -0.2) is 29.8 Å². The molecule has 3 nitrogen and oxygen atoms in total. The van der Waals surface area contributed by atoms with Gasteiger partial charge in [-0.15, -0.1) is 0 Å². The number of benzene rings is 2. The van der Waals surface area contributed by atoms with E-state index in [1.807, 2.05) is 0 Å². The molecule has 5 N–H and O–H groups in total. The number of hydrogen-bond donors (Lipinski definition) is 3. The molecule has 15 heteroatoms. The fourth-order valence-corrected chi connectivity index (χ4v) is 3.28. The summed E-state index contributed by atoms with van der Waals surface area (Å²) >= 11 is 0. The summed E-state index contributed by atoms with van der Waals surface area (Å²) in [7, 11) is 0. The number of halogens is 12. The molecule has 0 aliphatic heterocycles. The zero-order valence-corrected chi connectivity index (χ0v) is 15.7. The van der Waals surface area contributed by atoms with Crippen LogP contribution < -0.4 is 11.5 Å². The number of nitrogens with two attached hydrogens (primary N) is 2. The third-order valence-electron chi connectivity index (χ3n) is 4.89. The van der Waals surface area contributed by atoms with Gasteiger partial charge in [-0.25, -0.2) is 0 Å². The molecule has 2 aromatic carbocycles. The van der Waals surface area contributed by atoms with Crippen LogP contribution >= 0.6 is 0 Å². The maximum absolute atomic E-state index is 14.1. The van der Waals surface area contributed by atoms with Crippen LogP contribution in [0.4, 0.5) is 64.1 Å². The van der Waals surface area contributed by atoms with Gasteiger partial charge in [0.1, 0.15) is 0 Å². The number of nitrogen functional groups attached to an aromatic ring is 2. The molecular formula is C18H12F12N2O. The Bertz CT molecular complexity index is 976. The van der Waals surface area contributed by atoms with E-state index in [1.54, 1.807) is 0 Å². The minimum Gasteiger partial charge on any atom is -0.399 e. The third kappa shape index (κ3) is 3.91. The maximum atomic E-state index is 14.1. The minimum absolute atomic E-state index is 0.0172. The van der Waals surface area contributed by atoms with Gasteiger partial charge in [-0.2, -0.15) is 52.7 Å². The van der Waals surface area contributed by atoms with Crippen molar-refractivity contribution >= 4 is 11.4 Å². The lowest BCUT2D eigenvalue weighted by molar-refractivity contribution is -0.376. The van der Waals surface area contributed by atoms with Gasteiger partial charge >= 0.3 is 24.7 Å². The van der Waals surface area contributed by atoms with Crippen LogP contribution in [-0.2, 0) is 11.0 Å². The van der Waals surface area contributed by atoms with Crippen LogP contribution in [0.15, 0.2) is 42.5 Å². The summed E-state index contributed by atoms with van der Waals surface area (Å²) in [6.45, 7) is 0. The van der Waals surface area contributed by atoms with Crippen molar-refractivity contribution in [3.05, 3.63) is 59.2 Å². The van der Waals surface area contributed by atoms with Gasteiger partial charge < -0.3 is 16.6 Å². The molecule has 2 aromatic rings. The van der Waals surface area contributed by atoms with Gasteiger partial charge in [-0.3, -0.25) is 0 Å². The first-order valence-corrected chi connectivity index (χ1v) is 8.38. The molecule has 2 rings (SSSR count). The molecular weight excluding hydrogens is 488 g/mol. The van der Waals surface area contributed by atoms with Gasteiger partial charge in [0, 0.05) is 16.9 Å². The van der Waals surface area contributed by atoms with E-state index in [1.165, 1.54) is 0 Å². The molecule has 0 aliphatic rings. The van der Waals surface area contributed by atoms with Crippen molar-refractivity contribution in [2.45, 2.75) is 35.7 Å². The molecule has 0 radical (unpaired) electrons. The van der Waals surface area contributed by atoms with E-state index in [9.17, 15) is 57.8 Å². The lowest BCUT2D eigenvalue weighted by Crippen LogP contribution is -2.56. The molecule has 0 saturated heterocycles. The summed E-state index contributed by atoms with van der Waals surface area (Å²) in [4.78, 5) is 0. The van der Waals surface area contributed by atoms with E-state index < -0.39 is 64.2 Å². The molecule has 0 atom stereocenters. The van der Waals surface area contributed by atoms with E-state index in [2.05, 4.69) is 0 Å². The van der Waals surface area contributed by atoms with Crippen LogP contribution in [0.2, 0.25) is 0 Å². The molecule has 0 heterocycles. The molecule has 0 aliphatic carbocycles. The highest BCUT2D eigenvalue weighted by atomic mass is 19.4. The second-order valence-electron chi connectivity index (χ2n) is 6.88. The van der Waals surface area contributed by atoms with Gasteiger partial charge in [0.15, 0.2) is 0 Å². The Morgan fingerprint density at radius 2 is 0.939 bits per heavy atom. The minimum atomic E-state index is -6.61. The monoisotopic (exact) mass is 500 g/mol. The Kier molecular flexibility index (Phi) is 6.08. The number of alkyl halides is 12. The smallest absolute Gasteiger partial charge is 0.399 e. The van der Waals surface area contributed by atoms with Crippen LogP contribution in [0.3, 0.4) is 0 Å². The standard InChI is InChI=1S/C18H12F12N2O/c19-15(20,21)13(16(22,23)24,8-1-4-10(31)5-2-8)9-3-6-12(32)11(7-9)14(33,17(25,26)27)18(28,29)30/h1-7,33H,31-32H2. The highest BCUT2D eigenvalue weighted by molar-refractivity contribution is 5.57. The first-order chi connectivity index (χ1) is 14.6. The maximum Gasteiger partial charge on any atom is 0.430 e. The Morgan fingerprint density at radius 1 is 0.545 bits per heavy atom. The Labute approximate surface area is 176 Å². The molecule has 33 heavy (non-hydrogen) atoms. The summed E-state index contributed by atoms with van der Waals surface area (Å²) in [6, 6.07) is 1.05. The first-order valence-electron chi connectivity index (χ1n) is 8.38. The number of rotatable bonds is 3. The normalized spacial score (nSPS) is 14.5. The van der Waals surface area contributed by atoms with Crippen LogP contribution in [0.5, 0.6) is 0 Å². The van der Waals surface area contributed by atoms with Crippen LogP contribution in [0, 0.1) is 0 Å². The van der Waals surface area contributed by atoms with Crippen molar-refractivity contribution in [2.24, 2.45) is 0 Å². The lowest BCUT2D eigenvalue weighted by Gasteiger charge is -2.40. The quantitative estimate of drug-likeness (QED) is 0.381. The van der Waals surface area contributed by atoms with Gasteiger partial charge in [0.2, 0.25) is 5.41 Å². The Morgan fingerprint density at radius 3 is 1.30 bits per heavy atom. The van der Waals surface area contributed by atoms with Gasteiger partial charge in [0.05, 0.1) is 0 Å². The molecule has 0 saturated carbocycles. The number of hydrogen-bond acceptors (Lipinski definition) is 3. The Hall–Kier alpha value is -2.84. The summed E-state index contributed by atoms with van der Waals surface area (Å²) in [5.41, 5.74) is -8.64. The molecule has 0 spiro atoms. The second kappa shape index (κ2) is 7.60. The fourth-order valence-electron chi connectivity index (χ4n) is 3.28. The van der Waals surface area contributed by atoms with Crippen LogP contribution in [0.25, 0.3) is 0 Å². The topological polar surface area (TPSA) is 72.3 Å². The SMILES string of the molecule is Nc1ccc(C(c2ccc(N)c(C(O)(C(F)(F)F)C(F)(F)F)c2)(C(F)(F)F)C(F)(F)F)cc1. The Balaban J connectivity index is 3.07. The molecule has 184 valence electrons. The zero-order chi connectivity index (χ0) is 25.8. The van der Waals surface area contributed by atoms with E-state index in [0.29, 0.717) is 12.1 Å². The fraction of sp³-hybridized carbons (Fsp3) is 0.333. The van der Waals surface area contributed by atoms with Gasteiger partial charge in [0.25, 0.3) is 5.60 Å². The summed E-state index contributed by atoms with van der Waals surface area (Å²) < 4.78 is 164. The summed E-state index contributed by atoms with van der Waals surface area (Å²) in [6.07, 6.45) is -25.9. The predicted octanol–water partition coefficient (Wildman–Crippen LogP) is 5.57. The molecule has 0 fully saturated rings. The highest BCUT2D eigenvalue weighted by Crippen LogP contribution is 2.58. The van der Waals surface area contributed by atoms with Crippen molar-refractivity contribution in [3.8, 4) is 0 Å². The molecule has 0 amide bonds. The van der Waals surface area contributed by atoms with Crippen molar-refractivity contribution in [1.29, 1.82) is 0 Å². The average molecular weight is 500 g/mol. The van der Waals surface area contributed by atoms with Gasteiger partial charge in [-0.1, -0.05) is 18.2 Å². The number of aliphatic hydroxyl groups is 1. The average Bonchev–Trinajstić information content (AvgIpc) is 2.60. The van der Waals surface area contributed by atoms with E-state index in [0.717, 1.165) is 0 Å². The predicted molar refractivity (Wildman–Crippen MR) is 90.6 cm³/mol.